The zero-order valence-corrected chi connectivity index (χ0v) is 38.2. The van der Waals surface area contributed by atoms with Crippen LogP contribution in [0, 0.1) is 0 Å². The second-order valence-corrected chi connectivity index (χ2v) is 18.5. The van der Waals surface area contributed by atoms with E-state index >= 15 is 0 Å². The molecule has 56 heavy (non-hydrogen) atoms. The maximum absolute atomic E-state index is 12.7. The normalized spacial score (nSPS) is 13.6. The molecule has 0 saturated heterocycles. The Morgan fingerprint density at radius 2 is 0.911 bits per heavy atom. The Hall–Kier alpha value is -1.25. The molecule has 0 aromatic carbocycles. The number of rotatable bonds is 43. The van der Waals surface area contributed by atoms with E-state index in [4.69, 9.17) is 18.5 Å². The van der Waals surface area contributed by atoms with Gasteiger partial charge in [-0.3, -0.25) is 14.2 Å². The van der Waals surface area contributed by atoms with Crippen LogP contribution < -0.4 is 4.89 Å². The molecule has 0 aromatic heterocycles. The lowest BCUT2D eigenvalue weighted by Gasteiger charge is -2.28. The number of likely N-dealkylation sites (N-methyl/N-ethyl adjacent to an activating group) is 1. The van der Waals surface area contributed by atoms with Crippen LogP contribution in [0.25, 0.3) is 0 Å². The van der Waals surface area contributed by atoms with Gasteiger partial charge in [0.15, 0.2) is 6.10 Å². The van der Waals surface area contributed by atoms with Gasteiger partial charge in [-0.1, -0.05) is 180 Å². The first-order valence-corrected chi connectivity index (χ1v) is 24.9. The zero-order chi connectivity index (χ0) is 41.4. The van der Waals surface area contributed by atoms with Gasteiger partial charge in [0.2, 0.25) is 0 Å². The zero-order valence-electron chi connectivity index (χ0n) is 37.3. The van der Waals surface area contributed by atoms with Gasteiger partial charge in [-0.15, -0.1) is 0 Å². The quantitative estimate of drug-likeness (QED) is 0.0197. The summed E-state index contributed by atoms with van der Waals surface area (Å²) in [5.41, 5.74) is 0. The van der Waals surface area contributed by atoms with E-state index in [1.54, 1.807) is 0 Å². The standard InChI is InChI=1S/C46H90NO8P/c1-6-8-10-12-14-16-18-20-22-23-25-27-29-31-33-35-37-39-46(49)55-44(43-54-56(50,51)53-41-40-47(3,4)5)42-52-45(48)38-36-34-32-30-28-26-24-21-19-17-15-13-11-9-7-2/h16,18,44H,6-15,17,19-43H2,1-5H3/b18-16-/t44-/m1/s1. The van der Waals surface area contributed by atoms with Gasteiger partial charge >= 0.3 is 11.9 Å². The van der Waals surface area contributed by atoms with Gasteiger partial charge in [-0.25, -0.2) is 0 Å². The molecule has 0 amide bonds. The van der Waals surface area contributed by atoms with Gasteiger partial charge in [0.05, 0.1) is 27.7 Å². The third kappa shape index (κ3) is 42.4. The number of carbonyl (C=O) groups is 2. The highest BCUT2D eigenvalue weighted by Gasteiger charge is 2.21. The van der Waals surface area contributed by atoms with E-state index in [2.05, 4.69) is 26.0 Å². The minimum Gasteiger partial charge on any atom is -0.756 e. The number of quaternary nitrogens is 1. The van der Waals surface area contributed by atoms with Crippen LogP contribution in [-0.4, -0.2) is 70.0 Å². The number of nitrogens with zero attached hydrogens (tertiary/aromatic N) is 1. The number of hydrogen-bond donors (Lipinski definition) is 0. The highest BCUT2D eigenvalue weighted by Crippen LogP contribution is 2.38. The molecule has 2 atom stereocenters. The Labute approximate surface area is 346 Å². The molecule has 1 unspecified atom stereocenters. The molecule has 0 spiro atoms. The number of carbonyl (C=O) groups excluding carboxylic acids is 2. The van der Waals surface area contributed by atoms with E-state index in [1.807, 2.05) is 21.1 Å². The SMILES string of the molecule is CCCCCC/C=C\CCCCCCCCCCCC(=O)O[C@H](COC(=O)CCCCCCCCCCCCCCCCC)COP(=O)([O-])OCC[N+](C)(C)C. The van der Waals surface area contributed by atoms with Crippen molar-refractivity contribution in [2.45, 2.75) is 225 Å². The first-order chi connectivity index (χ1) is 27.0. The fourth-order valence-electron chi connectivity index (χ4n) is 6.59. The molecule has 0 aliphatic heterocycles. The predicted molar refractivity (Wildman–Crippen MR) is 231 cm³/mol. The van der Waals surface area contributed by atoms with Gasteiger partial charge in [-0.2, -0.15) is 0 Å². The number of unbranched alkanes of at least 4 members (excludes halogenated alkanes) is 27. The molecule has 0 aliphatic carbocycles. The molecule has 9 nitrogen and oxygen atoms in total. The van der Waals surface area contributed by atoms with E-state index in [0.29, 0.717) is 17.4 Å². The second kappa shape index (κ2) is 39.2. The molecular weight excluding hydrogens is 725 g/mol. The number of allylic oxidation sites excluding steroid dienone is 2. The van der Waals surface area contributed by atoms with Crippen LogP contribution in [0.1, 0.15) is 219 Å². The number of hydrogen-bond acceptors (Lipinski definition) is 8. The van der Waals surface area contributed by atoms with Crippen LogP contribution in [0.4, 0.5) is 0 Å². The molecule has 0 fully saturated rings. The molecule has 0 aliphatic rings. The first kappa shape index (κ1) is 54.8. The third-order valence-corrected chi connectivity index (χ3v) is 11.2. The van der Waals surface area contributed by atoms with Crippen LogP contribution in [0.3, 0.4) is 0 Å². The summed E-state index contributed by atoms with van der Waals surface area (Å²) in [6.45, 7) is 4.25. The fraction of sp³-hybridized carbons (Fsp3) is 0.913. The van der Waals surface area contributed by atoms with Gasteiger partial charge in [0, 0.05) is 12.8 Å². The summed E-state index contributed by atoms with van der Waals surface area (Å²) >= 11 is 0. The Bertz CT molecular complexity index is 969. The summed E-state index contributed by atoms with van der Waals surface area (Å²) in [6.07, 6.45) is 40.8. The fourth-order valence-corrected chi connectivity index (χ4v) is 7.32. The number of phosphoric acid groups is 1. The Morgan fingerprint density at radius 1 is 0.536 bits per heavy atom. The average molecular weight is 816 g/mol. The lowest BCUT2D eigenvalue weighted by molar-refractivity contribution is -0.870. The van der Waals surface area contributed by atoms with Crippen LogP contribution >= 0.6 is 7.82 Å². The minimum atomic E-state index is -4.62. The maximum atomic E-state index is 12.7. The average Bonchev–Trinajstić information content (AvgIpc) is 3.15. The smallest absolute Gasteiger partial charge is 0.306 e. The molecule has 0 bridgehead atoms. The van der Waals surface area contributed by atoms with E-state index < -0.39 is 26.5 Å². The minimum absolute atomic E-state index is 0.0279. The Kier molecular flexibility index (Phi) is 38.3. The van der Waals surface area contributed by atoms with Crippen LogP contribution in [0.15, 0.2) is 12.2 Å². The largest absolute Gasteiger partial charge is 0.756 e. The molecule has 0 radical (unpaired) electrons. The highest BCUT2D eigenvalue weighted by molar-refractivity contribution is 7.45. The van der Waals surface area contributed by atoms with Crippen molar-refractivity contribution in [1.29, 1.82) is 0 Å². The summed E-state index contributed by atoms with van der Waals surface area (Å²) in [4.78, 5) is 37.6. The summed E-state index contributed by atoms with van der Waals surface area (Å²) in [6, 6.07) is 0. The molecule has 332 valence electrons. The lowest BCUT2D eigenvalue weighted by Crippen LogP contribution is -2.37. The van der Waals surface area contributed by atoms with Crippen molar-refractivity contribution in [3.05, 3.63) is 12.2 Å². The van der Waals surface area contributed by atoms with Crippen molar-refractivity contribution in [3.63, 3.8) is 0 Å². The molecule has 0 saturated carbocycles. The van der Waals surface area contributed by atoms with Gasteiger partial charge < -0.3 is 27.9 Å². The monoisotopic (exact) mass is 816 g/mol. The first-order valence-electron chi connectivity index (χ1n) is 23.4. The molecule has 0 N–H and O–H groups in total. The van der Waals surface area contributed by atoms with Gasteiger partial charge in [0.25, 0.3) is 7.82 Å². The number of esters is 2. The van der Waals surface area contributed by atoms with E-state index in [1.165, 1.54) is 148 Å². The van der Waals surface area contributed by atoms with Crippen LogP contribution in [0.2, 0.25) is 0 Å². The molecule has 10 heteroatoms. The van der Waals surface area contributed by atoms with Crippen molar-refractivity contribution in [1.82, 2.24) is 0 Å². The van der Waals surface area contributed by atoms with E-state index in [9.17, 15) is 19.0 Å². The summed E-state index contributed by atoms with van der Waals surface area (Å²) < 4.78 is 34.0. The predicted octanol–water partition coefficient (Wildman–Crippen LogP) is 12.7. The van der Waals surface area contributed by atoms with E-state index in [0.717, 1.165) is 38.5 Å². The van der Waals surface area contributed by atoms with Crippen LogP contribution in [0.5, 0.6) is 0 Å². The van der Waals surface area contributed by atoms with Crippen molar-refractivity contribution in [3.8, 4) is 0 Å². The van der Waals surface area contributed by atoms with Crippen molar-refractivity contribution < 1.29 is 42.1 Å². The Balaban J connectivity index is 4.29. The molecular formula is C46H90NO8P. The van der Waals surface area contributed by atoms with Crippen molar-refractivity contribution >= 4 is 19.8 Å². The van der Waals surface area contributed by atoms with Crippen LogP contribution in [-0.2, 0) is 32.7 Å². The Morgan fingerprint density at radius 3 is 1.34 bits per heavy atom. The maximum Gasteiger partial charge on any atom is 0.306 e. The van der Waals surface area contributed by atoms with Crippen molar-refractivity contribution in [2.75, 3.05) is 47.5 Å². The summed E-state index contributed by atoms with van der Waals surface area (Å²) in [5, 5.41) is 0. The van der Waals surface area contributed by atoms with E-state index in [-0.39, 0.29) is 32.0 Å². The topological polar surface area (TPSA) is 111 Å². The number of ether oxygens (including phenoxy) is 2. The van der Waals surface area contributed by atoms with Gasteiger partial charge in [0.1, 0.15) is 19.8 Å². The summed E-state index contributed by atoms with van der Waals surface area (Å²) in [5.74, 6) is -0.825. The number of phosphoric ester groups is 1. The van der Waals surface area contributed by atoms with Crippen molar-refractivity contribution in [2.24, 2.45) is 0 Å². The lowest BCUT2D eigenvalue weighted by atomic mass is 10.0. The molecule has 0 heterocycles. The molecule has 0 aromatic rings. The highest BCUT2D eigenvalue weighted by atomic mass is 31.2. The third-order valence-electron chi connectivity index (χ3n) is 10.3. The summed E-state index contributed by atoms with van der Waals surface area (Å²) in [7, 11) is 1.18. The second-order valence-electron chi connectivity index (χ2n) is 17.1. The van der Waals surface area contributed by atoms with Gasteiger partial charge in [-0.05, 0) is 38.5 Å². The molecule has 0 rings (SSSR count).